The first-order valence-corrected chi connectivity index (χ1v) is 6.63. The Balaban J connectivity index is 2.25. The van der Waals surface area contributed by atoms with Crippen LogP contribution in [0.2, 0.25) is 0 Å². The minimum atomic E-state index is 0.591. The fourth-order valence-corrected chi connectivity index (χ4v) is 2.24. The summed E-state index contributed by atoms with van der Waals surface area (Å²) in [6.45, 7) is 8.77. The minimum Gasteiger partial charge on any atom is -0.0617 e. The Morgan fingerprint density at radius 2 is 1.89 bits per heavy atom. The predicted molar refractivity (Wildman–Crippen MR) is 78.1 cm³/mol. The van der Waals surface area contributed by atoms with Crippen molar-refractivity contribution in [2.24, 2.45) is 0 Å². The molecule has 0 bridgehead atoms. The van der Waals surface area contributed by atoms with Crippen LogP contribution in [0.15, 0.2) is 36.4 Å². The third-order valence-electron chi connectivity index (χ3n) is 3.39. The molecule has 0 aliphatic carbocycles. The molecule has 2 aromatic carbocycles. The van der Waals surface area contributed by atoms with Crippen molar-refractivity contribution in [2.45, 2.75) is 40.0 Å². The van der Waals surface area contributed by atoms with E-state index in [1.165, 1.54) is 27.8 Å². The maximum absolute atomic E-state index is 3.40. The van der Waals surface area contributed by atoms with Crippen LogP contribution in [0, 0.1) is 19.9 Å². The molecule has 0 aliphatic heterocycles. The fourth-order valence-electron chi connectivity index (χ4n) is 2.24. The SMILES string of the molecule is Cc1c[c]c(Cc2cccc(C(C)C)c2)c(C)c1. The van der Waals surface area contributed by atoms with E-state index in [1.807, 2.05) is 0 Å². The Labute approximate surface area is 111 Å². The Morgan fingerprint density at radius 3 is 2.56 bits per heavy atom. The maximum atomic E-state index is 3.40. The quantitative estimate of drug-likeness (QED) is 0.718. The summed E-state index contributed by atoms with van der Waals surface area (Å²) in [7, 11) is 0. The lowest BCUT2D eigenvalue weighted by Gasteiger charge is -2.10. The molecule has 0 amide bonds. The second kappa shape index (κ2) is 5.39. The van der Waals surface area contributed by atoms with Crippen LogP contribution in [-0.2, 0) is 6.42 Å². The van der Waals surface area contributed by atoms with Gasteiger partial charge in [0.15, 0.2) is 0 Å². The van der Waals surface area contributed by atoms with Gasteiger partial charge in [0.2, 0.25) is 0 Å². The van der Waals surface area contributed by atoms with Gasteiger partial charge in [0.25, 0.3) is 0 Å². The highest BCUT2D eigenvalue weighted by Crippen LogP contribution is 2.19. The van der Waals surface area contributed by atoms with E-state index in [0.717, 1.165) is 6.42 Å². The van der Waals surface area contributed by atoms with E-state index in [4.69, 9.17) is 0 Å². The van der Waals surface area contributed by atoms with Crippen molar-refractivity contribution < 1.29 is 0 Å². The van der Waals surface area contributed by atoms with Gasteiger partial charge in [-0.15, -0.1) is 0 Å². The van der Waals surface area contributed by atoms with Crippen molar-refractivity contribution in [3.8, 4) is 0 Å². The molecule has 18 heavy (non-hydrogen) atoms. The Hall–Kier alpha value is -1.56. The van der Waals surface area contributed by atoms with Crippen molar-refractivity contribution in [3.63, 3.8) is 0 Å². The van der Waals surface area contributed by atoms with Gasteiger partial charge in [-0.1, -0.05) is 55.8 Å². The molecular weight excluding hydrogens is 216 g/mol. The van der Waals surface area contributed by atoms with E-state index in [-0.39, 0.29) is 0 Å². The number of rotatable bonds is 3. The van der Waals surface area contributed by atoms with Crippen LogP contribution in [0.4, 0.5) is 0 Å². The van der Waals surface area contributed by atoms with Crippen molar-refractivity contribution in [1.82, 2.24) is 0 Å². The van der Waals surface area contributed by atoms with Crippen LogP contribution in [0.5, 0.6) is 0 Å². The number of hydrogen-bond acceptors (Lipinski definition) is 0. The largest absolute Gasteiger partial charge is 0.0617 e. The topological polar surface area (TPSA) is 0 Å². The molecule has 0 atom stereocenters. The molecule has 0 saturated carbocycles. The second-order valence-corrected chi connectivity index (χ2v) is 5.42. The van der Waals surface area contributed by atoms with E-state index in [0.29, 0.717) is 5.92 Å². The molecule has 0 aromatic heterocycles. The summed E-state index contributed by atoms with van der Waals surface area (Å²) in [6.07, 6.45) is 0.979. The molecule has 0 N–H and O–H groups in total. The summed E-state index contributed by atoms with van der Waals surface area (Å²) in [5.74, 6) is 0.591. The second-order valence-electron chi connectivity index (χ2n) is 5.42. The van der Waals surface area contributed by atoms with Crippen LogP contribution in [0.1, 0.15) is 47.6 Å². The van der Waals surface area contributed by atoms with Crippen LogP contribution >= 0.6 is 0 Å². The molecule has 93 valence electrons. The highest BCUT2D eigenvalue weighted by atomic mass is 14.1. The van der Waals surface area contributed by atoms with Crippen LogP contribution in [-0.4, -0.2) is 0 Å². The Kier molecular flexibility index (Phi) is 3.86. The molecule has 0 nitrogen and oxygen atoms in total. The highest BCUT2D eigenvalue weighted by molar-refractivity contribution is 5.35. The third-order valence-corrected chi connectivity index (χ3v) is 3.39. The van der Waals surface area contributed by atoms with E-state index >= 15 is 0 Å². The average molecular weight is 237 g/mol. The van der Waals surface area contributed by atoms with Gasteiger partial charge < -0.3 is 0 Å². The first kappa shape index (κ1) is 12.9. The number of hydrogen-bond donors (Lipinski definition) is 0. The van der Waals surface area contributed by atoms with Gasteiger partial charge in [-0.05, 0) is 54.5 Å². The monoisotopic (exact) mass is 237 g/mol. The summed E-state index contributed by atoms with van der Waals surface area (Å²) in [4.78, 5) is 0. The lowest BCUT2D eigenvalue weighted by molar-refractivity contribution is 0.863. The van der Waals surface area contributed by atoms with Gasteiger partial charge in [-0.3, -0.25) is 0 Å². The molecule has 0 saturated heterocycles. The number of aryl methyl sites for hydroxylation is 2. The summed E-state index contributed by atoms with van der Waals surface area (Å²) in [5, 5.41) is 0. The highest BCUT2D eigenvalue weighted by Gasteiger charge is 2.03. The van der Waals surface area contributed by atoms with Crippen LogP contribution in [0.25, 0.3) is 0 Å². The molecule has 0 aliphatic rings. The lowest BCUT2D eigenvalue weighted by atomic mass is 9.95. The van der Waals surface area contributed by atoms with Crippen molar-refractivity contribution in [1.29, 1.82) is 0 Å². The average Bonchev–Trinajstić information content (AvgIpc) is 2.33. The fraction of sp³-hybridized carbons (Fsp3) is 0.333. The smallest absolute Gasteiger partial charge is 0.00169 e. The molecule has 0 heterocycles. The molecule has 0 heteroatoms. The Morgan fingerprint density at radius 1 is 1.11 bits per heavy atom. The summed E-state index contributed by atoms with van der Waals surface area (Å²) < 4.78 is 0. The first-order chi connectivity index (χ1) is 8.56. The molecule has 0 spiro atoms. The summed E-state index contributed by atoms with van der Waals surface area (Å²) in [6, 6.07) is 16.6. The minimum absolute atomic E-state index is 0.591. The van der Waals surface area contributed by atoms with E-state index in [9.17, 15) is 0 Å². The molecule has 2 rings (SSSR count). The van der Waals surface area contributed by atoms with Gasteiger partial charge in [0.1, 0.15) is 0 Å². The Bertz CT molecular complexity index is 535. The molecule has 2 aromatic rings. The number of benzene rings is 2. The van der Waals surface area contributed by atoms with Crippen LogP contribution < -0.4 is 0 Å². The normalized spacial score (nSPS) is 10.9. The molecule has 1 radical (unpaired) electrons. The zero-order valence-electron chi connectivity index (χ0n) is 11.7. The summed E-state index contributed by atoms with van der Waals surface area (Å²) >= 11 is 0. The predicted octanol–water partition coefficient (Wildman–Crippen LogP) is 4.82. The van der Waals surface area contributed by atoms with Gasteiger partial charge in [-0.25, -0.2) is 0 Å². The van der Waals surface area contributed by atoms with Gasteiger partial charge in [-0.2, -0.15) is 0 Å². The van der Waals surface area contributed by atoms with Gasteiger partial charge >= 0.3 is 0 Å². The van der Waals surface area contributed by atoms with Gasteiger partial charge in [0.05, 0.1) is 0 Å². The molecule has 0 unspecified atom stereocenters. The molecular formula is C18H21. The van der Waals surface area contributed by atoms with E-state index in [1.54, 1.807) is 0 Å². The standard InChI is InChI=1S/C18H21/c1-13(2)17-7-5-6-16(11-17)12-18-9-8-14(3)10-15(18)4/h5-8,10-11,13H,12H2,1-4H3. The van der Waals surface area contributed by atoms with Gasteiger partial charge in [0, 0.05) is 0 Å². The summed E-state index contributed by atoms with van der Waals surface area (Å²) in [5.41, 5.74) is 6.72. The zero-order valence-corrected chi connectivity index (χ0v) is 11.7. The first-order valence-electron chi connectivity index (χ1n) is 6.63. The lowest BCUT2D eigenvalue weighted by Crippen LogP contribution is -1.95. The van der Waals surface area contributed by atoms with Crippen molar-refractivity contribution in [3.05, 3.63) is 70.3 Å². The van der Waals surface area contributed by atoms with Crippen molar-refractivity contribution in [2.75, 3.05) is 0 Å². The van der Waals surface area contributed by atoms with Crippen molar-refractivity contribution >= 4 is 0 Å². The zero-order chi connectivity index (χ0) is 13.1. The van der Waals surface area contributed by atoms with Crippen LogP contribution in [0.3, 0.4) is 0 Å². The maximum Gasteiger partial charge on any atom is -0.00169 e. The van der Waals surface area contributed by atoms with E-state index in [2.05, 4.69) is 70.2 Å². The molecule has 0 fully saturated rings. The van der Waals surface area contributed by atoms with E-state index < -0.39 is 0 Å². The third kappa shape index (κ3) is 3.01.